The molecule has 0 aliphatic carbocycles. The summed E-state index contributed by atoms with van der Waals surface area (Å²) in [5.41, 5.74) is 1.28. The Hall–Kier alpha value is -3.37. The third kappa shape index (κ3) is 5.27. The first kappa shape index (κ1) is 21.8. The Morgan fingerprint density at radius 3 is 2.41 bits per heavy atom. The van der Waals surface area contributed by atoms with Crippen molar-refractivity contribution in [2.45, 2.75) is 11.8 Å². The fraction of sp³-hybridized carbons (Fsp3) is 0.0952. The van der Waals surface area contributed by atoms with E-state index in [1.165, 1.54) is 36.0 Å². The minimum atomic E-state index is -2.90. The Morgan fingerprint density at radius 2 is 1.75 bits per heavy atom. The van der Waals surface area contributed by atoms with Crippen LogP contribution in [0.5, 0.6) is 5.75 Å². The van der Waals surface area contributed by atoms with Gasteiger partial charge in [0.05, 0.1) is 5.75 Å². The number of anilines is 1. The molecule has 0 fully saturated rings. The minimum absolute atomic E-state index is 0.0157. The van der Waals surface area contributed by atoms with Crippen molar-refractivity contribution in [2.75, 3.05) is 11.1 Å². The highest BCUT2D eigenvalue weighted by molar-refractivity contribution is 7.99. The van der Waals surface area contributed by atoms with Gasteiger partial charge in [-0.15, -0.1) is 10.2 Å². The maximum Gasteiger partial charge on any atom is 0.387 e. The number of halogens is 3. The molecule has 11 heteroatoms. The number of thioether (sulfide) groups is 1. The Bertz CT molecular complexity index is 1180. The summed E-state index contributed by atoms with van der Waals surface area (Å²) < 4.78 is 32.4. The number of rotatable bonds is 8. The van der Waals surface area contributed by atoms with E-state index < -0.39 is 6.61 Å². The number of nitrogens with one attached hydrogen (secondary N) is 1. The molecule has 2 aromatic carbocycles. The predicted octanol–water partition coefficient (Wildman–Crippen LogP) is 5.04. The molecule has 4 rings (SSSR count). The van der Waals surface area contributed by atoms with Gasteiger partial charge in [0, 0.05) is 28.7 Å². The number of nitrogens with zero attached hydrogens (tertiary/aromatic N) is 4. The smallest absolute Gasteiger partial charge is 0.387 e. The van der Waals surface area contributed by atoms with Crippen molar-refractivity contribution in [3.63, 3.8) is 0 Å². The lowest BCUT2D eigenvalue weighted by Gasteiger charge is -2.11. The van der Waals surface area contributed by atoms with E-state index in [0.29, 0.717) is 21.7 Å². The second-order valence-electron chi connectivity index (χ2n) is 6.43. The molecule has 0 aliphatic heterocycles. The second kappa shape index (κ2) is 9.84. The molecule has 0 saturated heterocycles. The SMILES string of the molecule is O=C(CSc1nnc(-c2ccc(Cl)cc2)n1-n1cccc1)Nc1ccc(OC(F)F)cc1. The summed E-state index contributed by atoms with van der Waals surface area (Å²) in [6, 6.07) is 16.6. The average molecular weight is 476 g/mol. The molecule has 2 heterocycles. The molecule has 0 saturated carbocycles. The van der Waals surface area contributed by atoms with E-state index in [0.717, 1.165) is 5.56 Å². The topological polar surface area (TPSA) is 74.0 Å². The molecular weight excluding hydrogens is 460 g/mol. The summed E-state index contributed by atoms with van der Waals surface area (Å²) in [5, 5.41) is 12.4. The highest BCUT2D eigenvalue weighted by Gasteiger charge is 2.17. The van der Waals surface area contributed by atoms with Gasteiger partial charge in [-0.2, -0.15) is 8.78 Å². The molecule has 1 amide bonds. The normalized spacial score (nSPS) is 11.0. The van der Waals surface area contributed by atoms with Gasteiger partial charge in [0.2, 0.25) is 11.1 Å². The van der Waals surface area contributed by atoms with E-state index in [-0.39, 0.29) is 17.4 Å². The van der Waals surface area contributed by atoms with Crippen LogP contribution in [0.2, 0.25) is 5.02 Å². The monoisotopic (exact) mass is 475 g/mol. The lowest BCUT2D eigenvalue weighted by Crippen LogP contribution is -2.16. The summed E-state index contributed by atoms with van der Waals surface area (Å²) in [6.07, 6.45) is 3.69. The third-order valence-corrected chi connectivity index (χ3v) is 5.40. The molecule has 164 valence electrons. The first-order valence-corrected chi connectivity index (χ1v) is 10.7. The van der Waals surface area contributed by atoms with E-state index in [1.54, 1.807) is 16.8 Å². The van der Waals surface area contributed by atoms with Crippen molar-refractivity contribution in [3.8, 4) is 17.1 Å². The quantitative estimate of drug-likeness (QED) is 0.361. The first-order valence-electron chi connectivity index (χ1n) is 9.32. The molecule has 0 unspecified atom stereocenters. The van der Waals surface area contributed by atoms with Crippen LogP contribution in [-0.4, -0.2) is 37.8 Å². The molecule has 0 spiro atoms. The third-order valence-electron chi connectivity index (χ3n) is 4.23. The number of alkyl halides is 2. The van der Waals surface area contributed by atoms with E-state index in [1.807, 2.05) is 41.3 Å². The van der Waals surface area contributed by atoms with Gasteiger partial charge in [0.1, 0.15) is 5.75 Å². The fourth-order valence-corrected chi connectivity index (χ4v) is 3.71. The molecule has 0 radical (unpaired) electrons. The summed E-state index contributed by atoms with van der Waals surface area (Å²) >= 11 is 7.20. The zero-order valence-corrected chi connectivity index (χ0v) is 17.9. The van der Waals surface area contributed by atoms with Gasteiger partial charge in [-0.05, 0) is 60.7 Å². The second-order valence-corrected chi connectivity index (χ2v) is 7.81. The Morgan fingerprint density at radius 1 is 1.06 bits per heavy atom. The predicted molar refractivity (Wildman–Crippen MR) is 118 cm³/mol. The molecule has 0 aliphatic rings. The number of carbonyl (C=O) groups excluding carboxylic acids is 1. The highest BCUT2D eigenvalue weighted by Crippen LogP contribution is 2.26. The lowest BCUT2D eigenvalue weighted by molar-refractivity contribution is -0.113. The van der Waals surface area contributed by atoms with Crippen LogP contribution in [0.3, 0.4) is 0 Å². The van der Waals surface area contributed by atoms with Gasteiger partial charge in [-0.3, -0.25) is 9.47 Å². The van der Waals surface area contributed by atoms with Crippen LogP contribution < -0.4 is 10.1 Å². The Balaban J connectivity index is 1.47. The van der Waals surface area contributed by atoms with Gasteiger partial charge in [-0.1, -0.05) is 23.4 Å². The zero-order chi connectivity index (χ0) is 22.5. The van der Waals surface area contributed by atoms with Gasteiger partial charge >= 0.3 is 6.61 Å². The van der Waals surface area contributed by atoms with Crippen LogP contribution in [-0.2, 0) is 4.79 Å². The van der Waals surface area contributed by atoms with Crippen LogP contribution in [0, 0.1) is 0 Å². The summed E-state index contributed by atoms with van der Waals surface area (Å²) in [5.74, 6) is 0.389. The van der Waals surface area contributed by atoms with Crippen molar-refractivity contribution in [2.24, 2.45) is 0 Å². The van der Waals surface area contributed by atoms with Crippen molar-refractivity contribution in [3.05, 3.63) is 78.1 Å². The largest absolute Gasteiger partial charge is 0.435 e. The first-order chi connectivity index (χ1) is 15.5. The highest BCUT2D eigenvalue weighted by atomic mass is 35.5. The molecule has 2 aromatic heterocycles. The van der Waals surface area contributed by atoms with Crippen LogP contribution in [0.1, 0.15) is 0 Å². The Labute approximate surface area is 190 Å². The number of carbonyl (C=O) groups is 1. The standard InChI is InChI=1S/C21H16ClF2N5O2S/c22-15-5-3-14(4-6-15)19-26-27-21(29(19)28-11-1-2-12-28)32-13-18(30)25-16-7-9-17(10-8-16)31-20(23)24/h1-12,20H,13H2,(H,25,30). The van der Waals surface area contributed by atoms with Gasteiger partial charge in [0.15, 0.2) is 5.82 Å². The van der Waals surface area contributed by atoms with Crippen LogP contribution >= 0.6 is 23.4 Å². The molecule has 32 heavy (non-hydrogen) atoms. The van der Waals surface area contributed by atoms with E-state index >= 15 is 0 Å². The maximum absolute atomic E-state index is 12.4. The number of aromatic nitrogens is 4. The van der Waals surface area contributed by atoms with Gasteiger partial charge < -0.3 is 10.1 Å². The molecule has 0 bridgehead atoms. The zero-order valence-electron chi connectivity index (χ0n) is 16.4. The minimum Gasteiger partial charge on any atom is -0.435 e. The number of ether oxygens (including phenoxy) is 1. The number of hydrogen-bond donors (Lipinski definition) is 1. The molecule has 0 atom stereocenters. The van der Waals surface area contributed by atoms with Crippen molar-refractivity contribution in [1.29, 1.82) is 0 Å². The van der Waals surface area contributed by atoms with Crippen molar-refractivity contribution < 1.29 is 18.3 Å². The fourth-order valence-electron chi connectivity index (χ4n) is 2.85. The number of amides is 1. The molecule has 4 aromatic rings. The summed E-state index contributed by atoms with van der Waals surface area (Å²) in [6.45, 7) is -2.90. The average Bonchev–Trinajstić information content (AvgIpc) is 3.43. The van der Waals surface area contributed by atoms with E-state index in [4.69, 9.17) is 11.6 Å². The molecular formula is C21H16ClF2N5O2S. The lowest BCUT2D eigenvalue weighted by atomic mass is 10.2. The summed E-state index contributed by atoms with van der Waals surface area (Å²) in [7, 11) is 0. The van der Waals surface area contributed by atoms with Gasteiger partial charge in [-0.25, -0.2) is 4.68 Å². The molecule has 7 nitrogen and oxygen atoms in total. The van der Waals surface area contributed by atoms with Crippen molar-refractivity contribution in [1.82, 2.24) is 19.5 Å². The number of benzene rings is 2. The molecule has 1 N–H and O–H groups in total. The van der Waals surface area contributed by atoms with Gasteiger partial charge in [0.25, 0.3) is 0 Å². The maximum atomic E-state index is 12.4. The van der Waals surface area contributed by atoms with Crippen molar-refractivity contribution >= 4 is 35.0 Å². The van der Waals surface area contributed by atoms with Crippen LogP contribution in [0.25, 0.3) is 11.4 Å². The van der Waals surface area contributed by atoms with E-state index in [9.17, 15) is 13.6 Å². The Kier molecular flexibility index (Phi) is 6.72. The van der Waals surface area contributed by atoms with E-state index in [2.05, 4.69) is 20.3 Å². The number of hydrogen-bond acceptors (Lipinski definition) is 5. The van der Waals surface area contributed by atoms with Crippen LogP contribution in [0.15, 0.2) is 78.2 Å². The van der Waals surface area contributed by atoms with Crippen LogP contribution in [0.4, 0.5) is 14.5 Å². The summed E-state index contributed by atoms with van der Waals surface area (Å²) in [4.78, 5) is 12.4.